The molecule has 1 aromatic rings. The summed E-state index contributed by atoms with van der Waals surface area (Å²) in [5.41, 5.74) is 1.03. The molecule has 0 N–H and O–H groups in total. The van der Waals surface area contributed by atoms with Crippen molar-refractivity contribution in [2.45, 2.75) is 6.92 Å². The van der Waals surface area contributed by atoms with Gasteiger partial charge in [0.1, 0.15) is 6.79 Å². The molecular formula is C6H9BrN2O. The maximum absolute atomic E-state index is 8.00. The van der Waals surface area contributed by atoms with Crippen LogP contribution in [0.2, 0.25) is 0 Å². The van der Waals surface area contributed by atoms with Gasteiger partial charge in [-0.05, 0) is 22.9 Å². The van der Waals surface area contributed by atoms with E-state index in [1.165, 1.54) is 0 Å². The zero-order valence-corrected chi connectivity index (χ0v) is 7.55. The van der Waals surface area contributed by atoms with E-state index in [9.17, 15) is 0 Å². The topological polar surface area (TPSA) is 34.9 Å². The Morgan fingerprint density at radius 3 is 2.30 bits per heavy atom. The van der Waals surface area contributed by atoms with Crippen LogP contribution in [0.4, 0.5) is 0 Å². The molecule has 0 saturated carbocycles. The number of hydrogen-bond acceptors (Lipinski definition) is 2. The second kappa shape index (κ2) is 4.22. The minimum atomic E-state index is 1.03. The Morgan fingerprint density at radius 1 is 1.70 bits per heavy atom. The number of rotatable bonds is 0. The molecule has 56 valence electrons. The number of carbonyl (C=O) groups excluding carboxylic acids is 1. The molecule has 0 radical (unpaired) electrons. The highest BCUT2D eigenvalue weighted by Crippen LogP contribution is 2.11. The fourth-order valence-corrected chi connectivity index (χ4v) is 0.946. The summed E-state index contributed by atoms with van der Waals surface area (Å²) in [5, 5.41) is 4.08. The van der Waals surface area contributed by atoms with Crippen LogP contribution in [0.25, 0.3) is 0 Å². The van der Waals surface area contributed by atoms with Crippen molar-refractivity contribution in [3.63, 3.8) is 0 Å². The van der Waals surface area contributed by atoms with Crippen LogP contribution in [0.1, 0.15) is 5.69 Å². The van der Waals surface area contributed by atoms with Gasteiger partial charge in [-0.2, -0.15) is 5.10 Å². The van der Waals surface area contributed by atoms with Crippen molar-refractivity contribution in [3.8, 4) is 0 Å². The summed E-state index contributed by atoms with van der Waals surface area (Å²) < 4.78 is 2.85. The Morgan fingerprint density at radius 2 is 2.20 bits per heavy atom. The second-order valence-electron chi connectivity index (χ2n) is 1.74. The molecule has 10 heavy (non-hydrogen) atoms. The number of carbonyl (C=O) groups is 1. The van der Waals surface area contributed by atoms with Crippen molar-refractivity contribution in [3.05, 3.63) is 16.4 Å². The van der Waals surface area contributed by atoms with Gasteiger partial charge in [-0.1, -0.05) is 0 Å². The van der Waals surface area contributed by atoms with Gasteiger partial charge in [-0.25, -0.2) is 0 Å². The zero-order valence-electron chi connectivity index (χ0n) is 5.97. The lowest BCUT2D eigenvalue weighted by Crippen LogP contribution is -1.86. The first-order valence-corrected chi connectivity index (χ1v) is 3.44. The molecule has 1 aromatic heterocycles. The summed E-state index contributed by atoms with van der Waals surface area (Å²) >= 11 is 3.33. The van der Waals surface area contributed by atoms with Gasteiger partial charge in [0.25, 0.3) is 0 Å². The largest absolute Gasteiger partial charge is 0.307 e. The molecule has 3 nitrogen and oxygen atoms in total. The fraction of sp³-hybridized carbons (Fsp3) is 0.333. The molecule has 0 spiro atoms. The number of aromatic nitrogens is 2. The summed E-state index contributed by atoms with van der Waals surface area (Å²) in [6.07, 6.45) is 1.93. The average Bonchev–Trinajstić information content (AvgIpc) is 2.16. The monoisotopic (exact) mass is 204 g/mol. The molecule has 0 saturated heterocycles. The summed E-state index contributed by atoms with van der Waals surface area (Å²) in [4.78, 5) is 8.00. The van der Waals surface area contributed by atoms with E-state index < -0.39 is 0 Å². The molecule has 0 amide bonds. The van der Waals surface area contributed by atoms with Crippen LogP contribution in [-0.4, -0.2) is 16.6 Å². The van der Waals surface area contributed by atoms with E-state index in [1.54, 1.807) is 4.68 Å². The molecule has 1 rings (SSSR count). The third kappa shape index (κ3) is 2.31. The average molecular weight is 205 g/mol. The van der Waals surface area contributed by atoms with E-state index in [-0.39, 0.29) is 0 Å². The van der Waals surface area contributed by atoms with Crippen molar-refractivity contribution >= 4 is 22.7 Å². The summed E-state index contributed by atoms with van der Waals surface area (Å²) in [7, 11) is 1.90. The predicted molar refractivity (Wildman–Crippen MR) is 42.8 cm³/mol. The summed E-state index contributed by atoms with van der Waals surface area (Å²) in [6, 6.07) is 0. The Balaban J connectivity index is 0.000000371. The standard InChI is InChI=1S/C5H7BrN2.CH2O/c1-4-5(6)3-8(2)7-4;1-2/h3H,1-2H3;1H2. The fourth-order valence-electron chi connectivity index (χ4n) is 0.571. The predicted octanol–water partition coefficient (Wildman–Crippen LogP) is 1.31. The lowest BCUT2D eigenvalue weighted by Gasteiger charge is -1.79. The van der Waals surface area contributed by atoms with E-state index in [1.807, 2.05) is 27.0 Å². The van der Waals surface area contributed by atoms with Crippen LogP contribution >= 0.6 is 15.9 Å². The van der Waals surface area contributed by atoms with Crippen LogP contribution in [-0.2, 0) is 11.8 Å². The van der Waals surface area contributed by atoms with Crippen LogP contribution < -0.4 is 0 Å². The third-order valence-electron chi connectivity index (χ3n) is 0.954. The third-order valence-corrected chi connectivity index (χ3v) is 1.73. The molecule has 0 aliphatic rings. The molecule has 1 heterocycles. The van der Waals surface area contributed by atoms with Crippen molar-refractivity contribution in [2.24, 2.45) is 7.05 Å². The highest BCUT2D eigenvalue weighted by atomic mass is 79.9. The second-order valence-corrected chi connectivity index (χ2v) is 2.59. The van der Waals surface area contributed by atoms with Gasteiger partial charge in [0, 0.05) is 13.2 Å². The van der Waals surface area contributed by atoms with Crippen LogP contribution in [0.15, 0.2) is 10.7 Å². The molecule has 0 aliphatic heterocycles. The number of aryl methyl sites for hydroxylation is 2. The zero-order chi connectivity index (χ0) is 8.15. The van der Waals surface area contributed by atoms with Gasteiger partial charge in [0.05, 0.1) is 10.2 Å². The molecule has 4 heteroatoms. The van der Waals surface area contributed by atoms with Crippen molar-refractivity contribution < 1.29 is 4.79 Å². The van der Waals surface area contributed by atoms with Gasteiger partial charge in [-0.3, -0.25) is 4.68 Å². The molecule has 0 aromatic carbocycles. The Kier molecular flexibility index (Phi) is 3.95. The molecule has 0 atom stereocenters. The van der Waals surface area contributed by atoms with Crippen molar-refractivity contribution in [1.29, 1.82) is 0 Å². The lowest BCUT2D eigenvalue weighted by molar-refractivity contribution is -0.0979. The highest BCUT2D eigenvalue weighted by molar-refractivity contribution is 9.10. The molecular weight excluding hydrogens is 196 g/mol. The van der Waals surface area contributed by atoms with Crippen molar-refractivity contribution in [2.75, 3.05) is 0 Å². The first-order chi connectivity index (χ1) is 4.70. The van der Waals surface area contributed by atoms with Gasteiger partial charge in [-0.15, -0.1) is 0 Å². The van der Waals surface area contributed by atoms with Gasteiger partial charge < -0.3 is 4.79 Å². The van der Waals surface area contributed by atoms with E-state index in [4.69, 9.17) is 4.79 Å². The van der Waals surface area contributed by atoms with Crippen LogP contribution in [0.3, 0.4) is 0 Å². The molecule has 0 bridgehead atoms. The first-order valence-electron chi connectivity index (χ1n) is 2.65. The normalized spacial score (nSPS) is 8.30. The molecule has 0 aliphatic carbocycles. The minimum Gasteiger partial charge on any atom is -0.307 e. The molecule has 0 unspecified atom stereocenters. The van der Waals surface area contributed by atoms with E-state index in [0.29, 0.717) is 0 Å². The Hall–Kier alpha value is -0.640. The first kappa shape index (κ1) is 9.36. The summed E-state index contributed by atoms with van der Waals surface area (Å²) in [6.45, 7) is 3.96. The number of nitrogens with zero attached hydrogens (tertiary/aromatic N) is 2. The maximum Gasteiger partial charge on any atom is 0.106 e. The van der Waals surface area contributed by atoms with E-state index >= 15 is 0 Å². The van der Waals surface area contributed by atoms with Crippen LogP contribution in [0.5, 0.6) is 0 Å². The minimum absolute atomic E-state index is 1.03. The van der Waals surface area contributed by atoms with E-state index in [2.05, 4.69) is 21.0 Å². The number of halogens is 1. The van der Waals surface area contributed by atoms with Gasteiger partial charge >= 0.3 is 0 Å². The van der Waals surface area contributed by atoms with Gasteiger partial charge in [0.15, 0.2) is 0 Å². The van der Waals surface area contributed by atoms with Crippen LogP contribution in [0, 0.1) is 6.92 Å². The number of hydrogen-bond donors (Lipinski definition) is 0. The summed E-state index contributed by atoms with van der Waals surface area (Å²) in [5.74, 6) is 0. The van der Waals surface area contributed by atoms with Gasteiger partial charge in [0.2, 0.25) is 0 Å². The quantitative estimate of drug-likeness (QED) is 0.639. The Bertz CT molecular complexity index is 190. The Labute approximate surface area is 68.2 Å². The SMILES string of the molecule is C=O.Cc1nn(C)cc1Br. The smallest absolute Gasteiger partial charge is 0.106 e. The van der Waals surface area contributed by atoms with Crippen molar-refractivity contribution in [1.82, 2.24) is 9.78 Å². The lowest BCUT2D eigenvalue weighted by atomic mass is 10.5. The molecule has 0 fully saturated rings. The highest BCUT2D eigenvalue weighted by Gasteiger charge is 1.94. The van der Waals surface area contributed by atoms with E-state index in [0.717, 1.165) is 10.2 Å². The maximum atomic E-state index is 8.00.